The third kappa shape index (κ3) is 4.43. The fraction of sp³-hybridized carbons (Fsp3) is 0.294. The summed E-state index contributed by atoms with van der Waals surface area (Å²) in [6, 6.07) is 9.21. The SMILES string of the molecule is CC(=O)Nc1cccc(Nc2nccc(N3CCN(C=O)CC3)n2)c1. The van der Waals surface area contributed by atoms with Crippen LogP contribution in [-0.4, -0.2) is 53.4 Å². The Labute approximate surface area is 145 Å². The maximum absolute atomic E-state index is 11.2. The number of benzene rings is 1. The van der Waals surface area contributed by atoms with Gasteiger partial charge in [-0.1, -0.05) is 6.07 Å². The zero-order chi connectivity index (χ0) is 17.6. The zero-order valence-electron chi connectivity index (χ0n) is 14.0. The molecule has 0 saturated carbocycles. The number of hydrogen-bond donors (Lipinski definition) is 2. The van der Waals surface area contributed by atoms with Gasteiger partial charge in [-0.05, 0) is 24.3 Å². The van der Waals surface area contributed by atoms with Gasteiger partial charge in [0.15, 0.2) is 0 Å². The molecule has 130 valence electrons. The second-order valence-corrected chi connectivity index (χ2v) is 5.75. The number of piperazine rings is 1. The second kappa shape index (κ2) is 7.61. The first-order valence-corrected chi connectivity index (χ1v) is 8.06. The smallest absolute Gasteiger partial charge is 0.229 e. The number of amides is 2. The lowest BCUT2D eigenvalue weighted by molar-refractivity contribution is -0.118. The minimum absolute atomic E-state index is 0.120. The van der Waals surface area contributed by atoms with Crippen LogP contribution in [0, 0.1) is 0 Å². The number of aromatic nitrogens is 2. The molecule has 8 heteroatoms. The van der Waals surface area contributed by atoms with Gasteiger partial charge in [-0.15, -0.1) is 0 Å². The van der Waals surface area contributed by atoms with Gasteiger partial charge in [0.25, 0.3) is 0 Å². The molecule has 25 heavy (non-hydrogen) atoms. The van der Waals surface area contributed by atoms with Crippen LogP contribution in [0.2, 0.25) is 0 Å². The van der Waals surface area contributed by atoms with E-state index in [1.807, 2.05) is 30.3 Å². The molecule has 0 atom stereocenters. The van der Waals surface area contributed by atoms with Crippen molar-refractivity contribution in [3.8, 4) is 0 Å². The molecule has 0 bridgehead atoms. The molecule has 0 radical (unpaired) electrons. The van der Waals surface area contributed by atoms with Gasteiger partial charge in [-0.25, -0.2) is 4.98 Å². The van der Waals surface area contributed by atoms with Crippen molar-refractivity contribution in [3.05, 3.63) is 36.5 Å². The van der Waals surface area contributed by atoms with Gasteiger partial charge in [-0.3, -0.25) is 9.59 Å². The summed E-state index contributed by atoms with van der Waals surface area (Å²) < 4.78 is 0. The molecule has 1 aliphatic rings. The van der Waals surface area contributed by atoms with E-state index < -0.39 is 0 Å². The molecule has 2 amide bonds. The van der Waals surface area contributed by atoms with Crippen molar-refractivity contribution in [1.29, 1.82) is 0 Å². The number of nitrogens with zero attached hydrogens (tertiary/aromatic N) is 4. The lowest BCUT2D eigenvalue weighted by Crippen LogP contribution is -2.46. The highest BCUT2D eigenvalue weighted by Crippen LogP contribution is 2.20. The summed E-state index contributed by atoms with van der Waals surface area (Å²) in [5.41, 5.74) is 1.49. The molecular formula is C17H20N6O2. The maximum atomic E-state index is 11.2. The minimum atomic E-state index is -0.120. The monoisotopic (exact) mass is 340 g/mol. The van der Waals surface area contributed by atoms with E-state index in [4.69, 9.17) is 0 Å². The Morgan fingerprint density at radius 3 is 2.64 bits per heavy atom. The number of nitrogens with one attached hydrogen (secondary N) is 2. The number of anilines is 4. The van der Waals surface area contributed by atoms with Crippen LogP contribution in [0.25, 0.3) is 0 Å². The molecule has 8 nitrogen and oxygen atoms in total. The molecule has 0 unspecified atom stereocenters. The summed E-state index contributed by atoms with van der Waals surface area (Å²) in [6.07, 6.45) is 2.58. The molecule has 0 spiro atoms. The fourth-order valence-corrected chi connectivity index (χ4v) is 2.65. The van der Waals surface area contributed by atoms with Crippen LogP contribution in [-0.2, 0) is 9.59 Å². The normalized spacial score (nSPS) is 14.1. The van der Waals surface area contributed by atoms with Gasteiger partial charge < -0.3 is 20.4 Å². The summed E-state index contributed by atoms with van der Waals surface area (Å²) in [7, 11) is 0. The molecule has 3 rings (SSSR count). The fourth-order valence-electron chi connectivity index (χ4n) is 2.65. The van der Waals surface area contributed by atoms with Crippen LogP contribution in [0.1, 0.15) is 6.92 Å². The van der Waals surface area contributed by atoms with Crippen molar-refractivity contribution in [3.63, 3.8) is 0 Å². The topological polar surface area (TPSA) is 90.5 Å². The lowest BCUT2D eigenvalue weighted by atomic mass is 10.2. The molecule has 1 saturated heterocycles. The van der Waals surface area contributed by atoms with Crippen molar-refractivity contribution in [1.82, 2.24) is 14.9 Å². The van der Waals surface area contributed by atoms with Crippen LogP contribution >= 0.6 is 0 Å². The number of hydrogen-bond acceptors (Lipinski definition) is 6. The maximum Gasteiger partial charge on any atom is 0.229 e. The Morgan fingerprint density at radius 2 is 1.92 bits per heavy atom. The Hall–Kier alpha value is -3.16. The first-order chi connectivity index (χ1) is 12.1. The highest BCUT2D eigenvalue weighted by atomic mass is 16.1. The third-order valence-corrected chi connectivity index (χ3v) is 3.87. The first-order valence-electron chi connectivity index (χ1n) is 8.06. The van der Waals surface area contributed by atoms with Crippen LogP contribution in [0.15, 0.2) is 36.5 Å². The highest BCUT2D eigenvalue weighted by molar-refractivity contribution is 5.89. The van der Waals surface area contributed by atoms with E-state index in [-0.39, 0.29) is 5.91 Å². The van der Waals surface area contributed by atoms with Crippen molar-refractivity contribution < 1.29 is 9.59 Å². The van der Waals surface area contributed by atoms with Gasteiger partial charge in [0.2, 0.25) is 18.3 Å². The predicted molar refractivity (Wildman–Crippen MR) is 95.9 cm³/mol. The van der Waals surface area contributed by atoms with E-state index in [1.165, 1.54) is 6.92 Å². The van der Waals surface area contributed by atoms with Gasteiger partial charge >= 0.3 is 0 Å². The Kier molecular flexibility index (Phi) is 5.08. The van der Waals surface area contributed by atoms with Gasteiger partial charge in [-0.2, -0.15) is 4.98 Å². The van der Waals surface area contributed by atoms with E-state index in [0.717, 1.165) is 31.0 Å². The minimum Gasteiger partial charge on any atom is -0.353 e. The summed E-state index contributed by atoms with van der Waals surface area (Å²) >= 11 is 0. The molecule has 1 aromatic heterocycles. The molecule has 0 aliphatic carbocycles. The van der Waals surface area contributed by atoms with Crippen molar-refractivity contribution in [2.45, 2.75) is 6.92 Å². The van der Waals surface area contributed by atoms with E-state index >= 15 is 0 Å². The first kappa shape index (κ1) is 16.7. The van der Waals surface area contributed by atoms with Crippen LogP contribution in [0.5, 0.6) is 0 Å². The largest absolute Gasteiger partial charge is 0.353 e. The molecule has 1 fully saturated rings. The van der Waals surface area contributed by atoms with E-state index in [1.54, 1.807) is 11.1 Å². The van der Waals surface area contributed by atoms with Crippen LogP contribution < -0.4 is 15.5 Å². The molecule has 2 N–H and O–H groups in total. The van der Waals surface area contributed by atoms with E-state index in [9.17, 15) is 9.59 Å². The summed E-state index contributed by atoms with van der Waals surface area (Å²) in [5, 5.41) is 5.89. The van der Waals surface area contributed by atoms with Gasteiger partial charge in [0, 0.05) is 50.7 Å². The molecule has 1 aliphatic heterocycles. The van der Waals surface area contributed by atoms with Crippen LogP contribution in [0.3, 0.4) is 0 Å². The van der Waals surface area contributed by atoms with Gasteiger partial charge in [0.1, 0.15) is 5.82 Å². The summed E-state index contributed by atoms with van der Waals surface area (Å²) in [5.74, 6) is 1.18. The van der Waals surface area contributed by atoms with Gasteiger partial charge in [0.05, 0.1) is 0 Å². The van der Waals surface area contributed by atoms with Crippen molar-refractivity contribution in [2.24, 2.45) is 0 Å². The van der Waals surface area contributed by atoms with Crippen molar-refractivity contribution in [2.75, 3.05) is 41.7 Å². The average molecular weight is 340 g/mol. The second-order valence-electron chi connectivity index (χ2n) is 5.75. The number of carbonyl (C=O) groups excluding carboxylic acids is 2. The lowest BCUT2D eigenvalue weighted by Gasteiger charge is -2.33. The van der Waals surface area contributed by atoms with E-state index in [0.29, 0.717) is 24.7 Å². The van der Waals surface area contributed by atoms with Crippen LogP contribution in [0.4, 0.5) is 23.1 Å². The number of rotatable bonds is 5. The standard InChI is InChI=1S/C17H20N6O2/c1-13(25)19-14-3-2-4-15(11-14)20-17-18-6-5-16(21-17)23-9-7-22(12-24)8-10-23/h2-6,11-12H,7-10H2,1H3,(H,19,25)(H,18,20,21). The number of carbonyl (C=O) groups is 2. The predicted octanol–water partition coefficient (Wildman–Crippen LogP) is 1.46. The third-order valence-electron chi connectivity index (χ3n) is 3.87. The molecule has 2 aromatic rings. The Balaban J connectivity index is 1.70. The summed E-state index contributed by atoms with van der Waals surface area (Å²) in [6.45, 7) is 4.33. The molecular weight excluding hydrogens is 320 g/mol. The Morgan fingerprint density at radius 1 is 1.16 bits per heavy atom. The highest BCUT2D eigenvalue weighted by Gasteiger charge is 2.17. The quantitative estimate of drug-likeness (QED) is 0.801. The molecule has 2 heterocycles. The Bertz CT molecular complexity index is 758. The summed E-state index contributed by atoms with van der Waals surface area (Å²) in [4.78, 5) is 34.6. The van der Waals surface area contributed by atoms with Crippen molar-refractivity contribution >= 4 is 35.5 Å². The zero-order valence-corrected chi connectivity index (χ0v) is 14.0. The van der Waals surface area contributed by atoms with E-state index in [2.05, 4.69) is 25.5 Å². The average Bonchev–Trinajstić information content (AvgIpc) is 2.62. The molecule has 1 aromatic carbocycles.